The first-order valence-electron chi connectivity index (χ1n) is 5.16. The van der Waals surface area contributed by atoms with Gasteiger partial charge in [0.05, 0.1) is 11.1 Å². The molecule has 0 unspecified atom stereocenters. The van der Waals surface area contributed by atoms with Gasteiger partial charge in [0, 0.05) is 9.75 Å². The molecule has 0 saturated carbocycles. The Morgan fingerprint density at radius 2 is 0.952 bits per heavy atom. The number of allylic oxidation sites excluding steroid dienone is 4. The topological polar surface area (TPSA) is 143 Å². The van der Waals surface area contributed by atoms with Gasteiger partial charge in [0.2, 0.25) is 0 Å². The Balaban J connectivity index is 3.54. The van der Waals surface area contributed by atoms with Gasteiger partial charge in [-0.25, -0.2) is 0 Å². The Kier molecular flexibility index (Phi) is 4.98. The third-order valence-electron chi connectivity index (χ3n) is 2.27. The second-order valence-corrected chi connectivity index (χ2v) is 4.42. The summed E-state index contributed by atoms with van der Waals surface area (Å²) in [6.07, 6.45) is 0. The lowest BCUT2D eigenvalue weighted by molar-refractivity contribution is 1.46. The molecule has 0 fully saturated rings. The van der Waals surface area contributed by atoms with Gasteiger partial charge in [0.25, 0.3) is 0 Å². The van der Waals surface area contributed by atoms with E-state index in [0.717, 1.165) is 11.3 Å². The molecule has 0 spiro atoms. The summed E-state index contributed by atoms with van der Waals surface area (Å²) in [6.45, 7) is 0. The maximum Gasteiger partial charge on any atom is 0.148 e. The number of thiophene rings is 1. The molecule has 0 atom stereocenters. The SMILES string of the molecule is N#CC(C#N)=C(C#N)c1ccc(C(C#N)=C(C#N)C#N)s1. The molecule has 0 aliphatic rings. The van der Waals surface area contributed by atoms with Gasteiger partial charge in [0.15, 0.2) is 0 Å². The Labute approximate surface area is 124 Å². The van der Waals surface area contributed by atoms with Gasteiger partial charge in [-0.3, -0.25) is 0 Å². The van der Waals surface area contributed by atoms with Gasteiger partial charge in [0.1, 0.15) is 47.6 Å². The summed E-state index contributed by atoms with van der Waals surface area (Å²) in [5.41, 5.74) is -0.892. The largest absolute Gasteiger partial charge is 0.192 e. The zero-order chi connectivity index (χ0) is 15.8. The third kappa shape index (κ3) is 2.93. The summed E-state index contributed by atoms with van der Waals surface area (Å²) >= 11 is 0.951. The average molecular weight is 286 g/mol. The highest BCUT2D eigenvalue weighted by Crippen LogP contribution is 2.31. The minimum absolute atomic E-state index is 0.107. The van der Waals surface area contributed by atoms with Crippen LogP contribution in [0.5, 0.6) is 0 Å². The van der Waals surface area contributed by atoms with Crippen molar-refractivity contribution in [1.82, 2.24) is 0 Å². The molecule has 1 rings (SSSR count). The highest BCUT2D eigenvalue weighted by atomic mass is 32.1. The van der Waals surface area contributed by atoms with Crippen LogP contribution >= 0.6 is 11.3 Å². The van der Waals surface area contributed by atoms with Gasteiger partial charge < -0.3 is 0 Å². The second kappa shape index (κ2) is 6.89. The summed E-state index contributed by atoms with van der Waals surface area (Å²) in [4.78, 5) is 0.627. The molecular weight excluding hydrogens is 284 g/mol. The van der Waals surface area contributed by atoms with Crippen LogP contribution in [0.1, 0.15) is 9.75 Å². The van der Waals surface area contributed by atoms with Gasteiger partial charge in [-0.1, -0.05) is 0 Å². The van der Waals surface area contributed by atoms with Crippen LogP contribution in [0.3, 0.4) is 0 Å². The van der Waals surface area contributed by atoms with Crippen molar-refractivity contribution in [3.8, 4) is 36.4 Å². The molecule has 0 saturated heterocycles. The molecule has 1 aromatic rings. The number of rotatable bonds is 2. The highest BCUT2D eigenvalue weighted by Gasteiger charge is 2.15. The summed E-state index contributed by atoms with van der Waals surface area (Å²) in [5.74, 6) is 0. The number of nitriles is 6. The molecule has 1 aromatic heterocycles. The van der Waals surface area contributed by atoms with E-state index in [2.05, 4.69) is 0 Å². The average Bonchev–Trinajstić information content (AvgIpc) is 2.98. The smallest absolute Gasteiger partial charge is 0.148 e. The first-order chi connectivity index (χ1) is 10.2. The van der Waals surface area contributed by atoms with Crippen LogP contribution in [0.25, 0.3) is 11.1 Å². The molecule has 0 aliphatic heterocycles. The third-order valence-corrected chi connectivity index (χ3v) is 3.39. The fourth-order valence-electron chi connectivity index (χ4n) is 1.35. The molecule has 0 aliphatic carbocycles. The Morgan fingerprint density at radius 3 is 1.19 bits per heavy atom. The van der Waals surface area contributed by atoms with Crippen molar-refractivity contribution in [2.75, 3.05) is 0 Å². The highest BCUT2D eigenvalue weighted by molar-refractivity contribution is 7.14. The van der Waals surface area contributed by atoms with Gasteiger partial charge in [-0.15, -0.1) is 11.3 Å². The van der Waals surface area contributed by atoms with E-state index in [1.165, 1.54) is 12.1 Å². The fourth-order valence-corrected chi connectivity index (χ4v) is 2.36. The maximum atomic E-state index is 9.03. The minimum Gasteiger partial charge on any atom is -0.192 e. The molecule has 0 aromatic carbocycles. The predicted molar refractivity (Wildman–Crippen MR) is 71.8 cm³/mol. The molecule has 7 heteroatoms. The van der Waals surface area contributed by atoms with Crippen molar-refractivity contribution in [3.05, 3.63) is 33.0 Å². The van der Waals surface area contributed by atoms with Crippen LogP contribution in [0.4, 0.5) is 0 Å². The van der Waals surface area contributed by atoms with E-state index in [1.54, 1.807) is 36.4 Å². The van der Waals surface area contributed by atoms with Crippen LogP contribution in [-0.4, -0.2) is 0 Å². The molecule has 0 radical (unpaired) electrons. The van der Waals surface area contributed by atoms with Crippen molar-refractivity contribution >= 4 is 22.5 Å². The minimum atomic E-state index is -0.339. The molecule has 0 N–H and O–H groups in total. The predicted octanol–water partition coefficient (Wildman–Crippen LogP) is 2.40. The fraction of sp³-hybridized carbons (Fsp3) is 0. The quantitative estimate of drug-likeness (QED) is 0.763. The number of hydrogen-bond acceptors (Lipinski definition) is 7. The van der Waals surface area contributed by atoms with Crippen LogP contribution in [0.15, 0.2) is 23.3 Å². The number of hydrogen-bond donors (Lipinski definition) is 0. The lowest BCUT2D eigenvalue weighted by atomic mass is 10.1. The molecule has 94 valence electrons. The van der Waals surface area contributed by atoms with Crippen LogP contribution < -0.4 is 0 Å². The van der Waals surface area contributed by atoms with E-state index in [1.807, 2.05) is 0 Å². The van der Waals surface area contributed by atoms with Crippen LogP contribution in [0.2, 0.25) is 0 Å². The van der Waals surface area contributed by atoms with E-state index in [-0.39, 0.29) is 22.3 Å². The Hall–Kier alpha value is -3.88. The summed E-state index contributed by atoms with van der Waals surface area (Å²) < 4.78 is 0. The van der Waals surface area contributed by atoms with Gasteiger partial charge in [-0.05, 0) is 12.1 Å². The molecule has 0 bridgehead atoms. The van der Waals surface area contributed by atoms with Crippen LogP contribution in [0, 0.1) is 68.0 Å². The zero-order valence-corrected chi connectivity index (χ0v) is 11.1. The van der Waals surface area contributed by atoms with Gasteiger partial charge in [-0.2, -0.15) is 31.6 Å². The maximum absolute atomic E-state index is 9.03. The van der Waals surface area contributed by atoms with Crippen molar-refractivity contribution in [2.45, 2.75) is 0 Å². The molecular formula is C14H2N6S. The molecule has 0 amide bonds. The van der Waals surface area contributed by atoms with Crippen LogP contribution in [-0.2, 0) is 0 Å². The van der Waals surface area contributed by atoms with E-state index in [0.29, 0.717) is 9.75 Å². The second-order valence-electron chi connectivity index (χ2n) is 3.33. The number of nitrogens with zero attached hydrogens (tertiary/aromatic N) is 6. The summed E-state index contributed by atoms with van der Waals surface area (Å²) in [7, 11) is 0. The van der Waals surface area contributed by atoms with E-state index >= 15 is 0 Å². The summed E-state index contributed by atoms with van der Waals surface area (Å²) in [6, 6.07) is 12.9. The Bertz CT molecular complexity index is 797. The van der Waals surface area contributed by atoms with Crippen molar-refractivity contribution in [1.29, 1.82) is 31.6 Å². The van der Waals surface area contributed by atoms with Crippen molar-refractivity contribution in [2.24, 2.45) is 0 Å². The zero-order valence-electron chi connectivity index (χ0n) is 10.2. The van der Waals surface area contributed by atoms with E-state index in [4.69, 9.17) is 31.6 Å². The van der Waals surface area contributed by atoms with Crippen molar-refractivity contribution < 1.29 is 0 Å². The molecule has 21 heavy (non-hydrogen) atoms. The standard InChI is InChI=1S/C14H2N6S/c15-3-9(4-16)11(7-19)13-1-2-14(21-13)12(8-20)10(5-17)6-18/h1-2H. The van der Waals surface area contributed by atoms with Crippen molar-refractivity contribution in [3.63, 3.8) is 0 Å². The molecule has 6 nitrogen and oxygen atoms in total. The monoisotopic (exact) mass is 286 g/mol. The lowest BCUT2D eigenvalue weighted by Gasteiger charge is -1.94. The molecule has 1 heterocycles. The summed E-state index contributed by atoms with van der Waals surface area (Å²) in [5, 5.41) is 53.2. The Morgan fingerprint density at radius 1 is 0.619 bits per heavy atom. The van der Waals surface area contributed by atoms with E-state index < -0.39 is 0 Å². The van der Waals surface area contributed by atoms with Gasteiger partial charge >= 0.3 is 0 Å². The van der Waals surface area contributed by atoms with E-state index in [9.17, 15) is 0 Å². The normalized spacial score (nSPS) is 7.71. The first kappa shape index (κ1) is 15.2. The lowest BCUT2D eigenvalue weighted by Crippen LogP contribution is -1.83. The first-order valence-corrected chi connectivity index (χ1v) is 5.98.